The van der Waals surface area contributed by atoms with E-state index in [0.717, 1.165) is 12.1 Å². The summed E-state index contributed by atoms with van der Waals surface area (Å²) in [4.78, 5) is 11.1. The van der Waals surface area contributed by atoms with Crippen molar-refractivity contribution in [2.45, 2.75) is 19.6 Å². The number of hydrogen-bond acceptors (Lipinski definition) is 3. The Balaban J connectivity index is 2.95. The molecule has 0 fully saturated rings. The maximum Gasteiger partial charge on any atom is 0.260 e. The minimum Gasteiger partial charge on any atom is -0.475 e. The molecule has 0 saturated heterocycles. The number of carbonyl (C=O) groups excluding carboxylic acids is 1. The average molecular weight is 245 g/mol. The van der Waals surface area contributed by atoms with Gasteiger partial charge in [0.25, 0.3) is 5.91 Å². The number of amides is 1. The summed E-state index contributed by atoms with van der Waals surface area (Å²) in [5, 5.41) is 11.0. The Labute approximate surface area is 97.2 Å². The standard InChI is InChI=1S/C11H13F2NO3/c1-6(11(16)14-2)17-10-8(12)3-7(5-15)4-9(10)13/h3-4,6,15H,5H2,1-2H3,(H,14,16). The number of carbonyl (C=O) groups is 1. The fourth-order valence-corrected chi connectivity index (χ4v) is 1.25. The van der Waals surface area contributed by atoms with Gasteiger partial charge in [0.15, 0.2) is 23.5 Å². The van der Waals surface area contributed by atoms with Crippen LogP contribution in [0.25, 0.3) is 0 Å². The lowest BCUT2D eigenvalue weighted by atomic mass is 10.2. The highest BCUT2D eigenvalue weighted by atomic mass is 19.1. The summed E-state index contributed by atoms with van der Waals surface area (Å²) >= 11 is 0. The van der Waals surface area contributed by atoms with E-state index >= 15 is 0 Å². The van der Waals surface area contributed by atoms with Gasteiger partial charge in [-0.05, 0) is 24.6 Å². The van der Waals surface area contributed by atoms with E-state index in [1.165, 1.54) is 14.0 Å². The largest absolute Gasteiger partial charge is 0.475 e. The number of nitrogens with one attached hydrogen (secondary N) is 1. The SMILES string of the molecule is CNC(=O)C(C)Oc1c(F)cc(CO)cc1F. The van der Waals surface area contributed by atoms with E-state index in [0.29, 0.717) is 0 Å². The van der Waals surface area contributed by atoms with Crippen LogP contribution >= 0.6 is 0 Å². The molecule has 1 rings (SSSR count). The van der Waals surface area contributed by atoms with Gasteiger partial charge in [-0.2, -0.15) is 0 Å². The maximum absolute atomic E-state index is 13.4. The van der Waals surface area contributed by atoms with E-state index in [1.54, 1.807) is 0 Å². The van der Waals surface area contributed by atoms with Gasteiger partial charge in [0.1, 0.15) is 0 Å². The molecular weight excluding hydrogens is 232 g/mol. The molecule has 0 radical (unpaired) electrons. The molecular formula is C11H13F2NO3. The highest BCUT2D eigenvalue weighted by Gasteiger charge is 2.19. The number of halogens is 2. The topological polar surface area (TPSA) is 58.6 Å². The number of benzene rings is 1. The van der Waals surface area contributed by atoms with Crippen molar-refractivity contribution >= 4 is 5.91 Å². The lowest BCUT2D eigenvalue weighted by Gasteiger charge is -2.14. The molecule has 0 aromatic heterocycles. The van der Waals surface area contributed by atoms with Crippen molar-refractivity contribution < 1.29 is 23.4 Å². The number of rotatable bonds is 4. The van der Waals surface area contributed by atoms with Gasteiger partial charge in [-0.15, -0.1) is 0 Å². The zero-order valence-electron chi connectivity index (χ0n) is 9.46. The summed E-state index contributed by atoms with van der Waals surface area (Å²) in [6, 6.07) is 1.91. The molecule has 0 aliphatic rings. The van der Waals surface area contributed by atoms with Gasteiger partial charge in [-0.1, -0.05) is 0 Å². The van der Waals surface area contributed by atoms with Crippen molar-refractivity contribution in [1.82, 2.24) is 5.32 Å². The Morgan fingerprint density at radius 2 is 2.00 bits per heavy atom. The molecule has 1 aromatic rings. The molecule has 0 aliphatic carbocycles. The normalized spacial score (nSPS) is 12.1. The van der Waals surface area contributed by atoms with Crippen molar-refractivity contribution in [2.24, 2.45) is 0 Å². The van der Waals surface area contributed by atoms with Crippen LogP contribution in [-0.4, -0.2) is 24.2 Å². The summed E-state index contributed by atoms with van der Waals surface area (Å²) in [6.45, 7) is 0.900. The van der Waals surface area contributed by atoms with Gasteiger partial charge in [-0.25, -0.2) is 8.78 Å². The van der Waals surface area contributed by atoms with Crippen LogP contribution in [0.3, 0.4) is 0 Å². The van der Waals surface area contributed by atoms with E-state index in [-0.39, 0.29) is 5.56 Å². The molecule has 1 aromatic carbocycles. The van der Waals surface area contributed by atoms with Crippen molar-refractivity contribution in [3.8, 4) is 5.75 Å². The summed E-state index contributed by atoms with van der Waals surface area (Å²) in [7, 11) is 1.39. The number of aliphatic hydroxyl groups excluding tert-OH is 1. The zero-order valence-corrected chi connectivity index (χ0v) is 9.46. The van der Waals surface area contributed by atoms with Gasteiger partial charge in [0.05, 0.1) is 6.61 Å². The van der Waals surface area contributed by atoms with E-state index in [1.807, 2.05) is 0 Å². The van der Waals surface area contributed by atoms with E-state index < -0.39 is 36.0 Å². The second kappa shape index (κ2) is 5.58. The van der Waals surface area contributed by atoms with Gasteiger partial charge >= 0.3 is 0 Å². The molecule has 0 saturated carbocycles. The van der Waals surface area contributed by atoms with E-state index in [4.69, 9.17) is 9.84 Å². The third-order valence-corrected chi connectivity index (χ3v) is 2.15. The average Bonchev–Trinajstić information content (AvgIpc) is 2.31. The third kappa shape index (κ3) is 3.13. The minimum atomic E-state index is -1.01. The van der Waals surface area contributed by atoms with Crippen LogP contribution in [0.2, 0.25) is 0 Å². The van der Waals surface area contributed by atoms with Gasteiger partial charge < -0.3 is 15.2 Å². The quantitative estimate of drug-likeness (QED) is 0.831. The molecule has 0 bridgehead atoms. The Morgan fingerprint density at radius 1 is 1.47 bits per heavy atom. The van der Waals surface area contributed by atoms with Crippen LogP contribution in [0.5, 0.6) is 5.75 Å². The molecule has 2 N–H and O–H groups in total. The Kier molecular flexibility index (Phi) is 4.39. The second-order valence-corrected chi connectivity index (χ2v) is 3.42. The van der Waals surface area contributed by atoms with Crippen molar-refractivity contribution in [2.75, 3.05) is 7.05 Å². The first-order valence-corrected chi connectivity index (χ1v) is 4.96. The predicted molar refractivity (Wildman–Crippen MR) is 56.4 cm³/mol. The van der Waals surface area contributed by atoms with Crippen molar-refractivity contribution in [1.29, 1.82) is 0 Å². The number of hydrogen-bond donors (Lipinski definition) is 2. The lowest BCUT2D eigenvalue weighted by Crippen LogP contribution is -2.34. The Bertz CT molecular complexity index is 400. The Hall–Kier alpha value is -1.69. The highest BCUT2D eigenvalue weighted by molar-refractivity contribution is 5.80. The second-order valence-electron chi connectivity index (χ2n) is 3.42. The van der Waals surface area contributed by atoms with Crippen molar-refractivity contribution in [3.63, 3.8) is 0 Å². The fraction of sp³-hybridized carbons (Fsp3) is 0.364. The van der Waals surface area contributed by atoms with Crippen LogP contribution in [0, 0.1) is 11.6 Å². The van der Waals surface area contributed by atoms with E-state index in [2.05, 4.69) is 5.32 Å². The predicted octanol–water partition coefficient (Wildman–Crippen LogP) is 0.970. The molecule has 17 heavy (non-hydrogen) atoms. The summed E-state index contributed by atoms with van der Waals surface area (Å²) in [6.07, 6.45) is -1.01. The number of likely N-dealkylation sites (N-methyl/N-ethyl adjacent to an activating group) is 1. The number of aliphatic hydroxyl groups is 1. The smallest absolute Gasteiger partial charge is 0.260 e. The van der Waals surface area contributed by atoms with Gasteiger partial charge in [0.2, 0.25) is 0 Å². The first kappa shape index (κ1) is 13.4. The molecule has 6 heteroatoms. The number of ether oxygens (including phenoxy) is 1. The lowest BCUT2D eigenvalue weighted by molar-refractivity contribution is -0.126. The van der Waals surface area contributed by atoms with E-state index in [9.17, 15) is 13.6 Å². The van der Waals surface area contributed by atoms with Crippen LogP contribution in [0.15, 0.2) is 12.1 Å². The molecule has 0 aliphatic heterocycles. The summed E-state index contributed by atoms with van der Waals surface area (Å²) in [5.74, 6) is -3.03. The van der Waals surface area contributed by atoms with Crippen LogP contribution in [-0.2, 0) is 11.4 Å². The molecule has 4 nitrogen and oxygen atoms in total. The molecule has 1 atom stereocenters. The highest BCUT2D eigenvalue weighted by Crippen LogP contribution is 2.24. The first-order valence-electron chi connectivity index (χ1n) is 4.96. The molecule has 0 spiro atoms. The third-order valence-electron chi connectivity index (χ3n) is 2.15. The van der Waals surface area contributed by atoms with Crippen LogP contribution < -0.4 is 10.1 Å². The van der Waals surface area contributed by atoms with Crippen LogP contribution in [0.1, 0.15) is 12.5 Å². The minimum absolute atomic E-state index is 0.0972. The molecule has 1 amide bonds. The molecule has 0 heterocycles. The molecule has 94 valence electrons. The summed E-state index contributed by atoms with van der Waals surface area (Å²) < 4.78 is 31.7. The Morgan fingerprint density at radius 3 is 2.41 bits per heavy atom. The van der Waals surface area contributed by atoms with Gasteiger partial charge in [0, 0.05) is 7.05 Å². The van der Waals surface area contributed by atoms with Crippen LogP contribution in [0.4, 0.5) is 8.78 Å². The first-order chi connectivity index (χ1) is 7.99. The van der Waals surface area contributed by atoms with Crippen molar-refractivity contribution in [3.05, 3.63) is 29.3 Å². The monoisotopic (exact) mass is 245 g/mol. The van der Waals surface area contributed by atoms with Gasteiger partial charge in [-0.3, -0.25) is 4.79 Å². The maximum atomic E-state index is 13.4. The zero-order chi connectivity index (χ0) is 13.0. The molecule has 1 unspecified atom stereocenters. The summed E-state index contributed by atoms with van der Waals surface area (Å²) in [5.41, 5.74) is 0.0972. The fourth-order valence-electron chi connectivity index (χ4n) is 1.25.